The molecule has 1 amide bonds. The molecule has 0 unspecified atom stereocenters. The quantitative estimate of drug-likeness (QED) is 0.920. The maximum atomic E-state index is 12.3. The van der Waals surface area contributed by atoms with Crippen molar-refractivity contribution < 1.29 is 19.0 Å². The number of fused-ring (bicyclic) bond motifs is 1. The normalized spacial score (nSPS) is 15.5. The van der Waals surface area contributed by atoms with Crippen LogP contribution in [0, 0.1) is 0 Å². The minimum absolute atomic E-state index is 0.133. The minimum Gasteiger partial charge on any atom is -0.497 e. The predicted octanol–water partition coefficient (Wildman–Crippen LogP) is 2.32. The summed E-state index contributed by atoms with van der Waals surface area (Å²) in [6.45, 7) is 0.357. The van der Waals surface area contributed by atoms with Gasteiger partial charge in [0.2, 0.25) is 0 Å². The van der Waals surface area contributed by atoms with Gasteiger partial charge in [-0.15, -0.1) is 0 Å². The fraction of sp³-hybridized carbons (Fsp3) is 0.278. The fourth-order valence-corrected chi connectivity index (χ4v) is 2.64. The number of benzene rings is 2. The summed E-state index contributed by atoms with van der Waals surface area (Å²) >= 11 is 0. The molecule has 5 heteroatoms. The molecule has 23 heavy (non-hydrogen) atoms. The Balaban J connectivity index is 1.64. The van der Waals surface area contributed by atoms with Crippen molar-refractivity contribution in [3.63, 3.8) is 0 Å². The van der Waals surface area contributed by atoms with Crippen molar-refractivity contribution in [3.8, 4) is 17.2 Å². The Morgan fingerprint density at radius 2 is 2.04 bits per heavy atom. The Labute approximate surface area is 135 Å². The summed E-state index contributed by atoms with van der Waals surface area (Å²) in [4.78, 5) is 12.3. The highest BCUT2D eigenvalue weighted by Gasteiger charge is 2.28. The molecule has 5 nitrogen and oxygen atoms in total. The van der Waals surface area contributed by atoms with E-state index in [1.54, 1.807) is 14.2 Å². The summed E-state index contributed by atoms with van der Waals surface area (Å²) in [5, 5.41) is 2.90. The first-order chi connectivity index (χ1) is 11.2. The van der Waals surface area contributed by atoms with Crippen molar-refractivity contribution in [2.24, 2.45) is 0 Å². The van der Waals surface area contributed by atoms with Gasteiger partial charge in [0.1, 0.15) is 17.2 Å². The van der Waals surface area contributed by atoms with Crippen LogP contribution >= 0.6 is 0 Å². The highest BCUT2D eigenvalue weighted by Crippen LogP contribution is 2.28. The SMILES string of the molecule is COc1ccc(OC)c(CNC(=O)[C@H]2Cc3ccccc3O2)c1. The first kappa shape index (κ1) is 15.2. The molecular weight excluding hydrogens is 294 g/mol. The number of hydrogen-bond acceptors (Lipinski definition) is 4. The second kappa shape index (κ2) is 6.60. The molecule has 120 valence electrons. The number of rotatable bonds is 5. The van der Waals surface area contributed by atoms with Gasteiger partial charge in [0.05, 0.1) is 14.2 Å². The summed E-state index contributed by atoms with van der Waals surface area (Å²) in [6.07, 6.45) is 0.112. The van der Waals surface area contributed by atoms with Crippen molar-refractivity contribution in [1.82, 2.24) is 5.32 Å². The van der Waals surface area contributed by atoms with Crippen LogP contribution in [0.1, 0.15) is 11.1 Å². The monoisotopic (exact) mass is 313 g/mol. The number of para-hydroxylation sites is 1. The van der Waals surface area contributed by atoms with E-state index in [4.69, 9.17) is 14.2 Å². The van der Waals surface area contributed by atoms with Crippen molar-refractivity contribution in [3.05, 3.63) is 53.6 Å². The molecule has 1 heterocycles. The number of hydrogen-bond donors (Lipinski definition) is 1. The van der Waals surface area contributed by atoms with Gasteiger partial charge < -0.3 is 19.5 Å². The molecule has 0 radical (unpaired) electrons. The lowest BCUT2D eigenvalue weighted by molar-refractivity contribution is -0.127. The van der Waals surface area contributed by atoms with E-state index in [1.807, 2.05) is 42.5 Å². The molecule has 1 atom stereocenters. The summed E-state index contributed by atoms with van der Waals surface area (Å²) in [5.74, 6) is 2.08. The van der Waals surface area contributed by atoms with Gasteiger partial charge in [0.15, 0.2) is 6.10 Å². The number of carbonyl (C=O) groups is 1. The van der Waals surface area contributed by atoms with Gasteiger partial charge in [-0.2, -0.15) is 0 Å². The first-order valence-electron chi connectivity index (χ1n) is 7.44. The van der Waals surface area contributed by atoms with Crippen LogP contribution in [-0.4, -0.2) is 26.2 Å². The van der Waals surface area contributed by atoms with E-state index in [2.05, 4.69) is 5.32 Å². The number of methoxy groups -OCH3 is 2. The molecular formula is C18H19NO4. The zero-order chi connectivity index (χ0) is 16.2. The van der Waals surface area contributed by atoms with Gasteiger partial charge >= 0.3 is 0 Å². The predicted molar refractivity (Wildman–Crippen MR) is 86.0 cm³/mol. The Morgan fingerprint density at radius 3 is 2.78 bits per heavy atom. The van der Waals surface area contributed by atoms with Crippen LogP contribution in [0.4, 0.5) is 0 Å². The average molecular weight is 313 g/mol. The van der Waals surface area contributed by atoms with Crippen LogP contribution in [0.3, 0.4) is 0 Å². The van der Waals surface area contributed by atoms with Crippen LogP contribution in [-0.2, 0) is 17.8 Å². The summed E-state index contributed by atoms with van der Waals surface area (Å²) in [6, 6.07) is 13.2. The lowest BCUT2D eigenvalue weighted by Crippen LogP contribution is -2.37. The van der Waals surface area contributed by atoms with Crippen LogP contribution in [0.5, 0.6) is 17.2 Å². The molecule has 2 aromatic carbocycles. The van der Waals surface area contributed by atoms with E-state index in [0.29, 0.717) is 18.7 Å². The molecule has 1 aliphatic heterocycles. The molecule has 0 saturated heterocycles. The molecule has 0 saturated carbocycles. The van der Waals surface area contributed by atoms with Crippen LogP contribution in [0.2, 0.25) is 0 Å². The molecule has 0 aromatic heterocycles. The third kappa shape index (κ3) is 3.23. The maximum Gasteiger partial charge on any atom is 0.261 e. The standard InChI is InChI=1S/C18H19NO4/c1-21-14-7-8-15(22-2)13(9-14)11-19-18(20)17-10-12-5-3-4-6-16(12)23-17/h3-9,17H,10-11H2,1-2H3,(H,19,20)/t17-/m1/s1. The van der Waals surface area contributed by atoms with Crippen LogP contribution in [0.25, 0.3) is 0 Å². The second-order valence-electron chi connectivity index (χ2n) is 5.31. The van der Waals surface area contributed by atoms with Gasteiger partial charge in [-0.1, -0.05) is 18.2 Å². The molecule has 0 bridgehead atoms. The molecule has 0 aliphatic carbocycles. The van der Waals surface area contributed by atoms with Crippen molar-refractivity contribution in [2.75, 3.05) is 14.2 Å². The number of ether oxygens (including phenoxy) is 3. The highest BCUT2D eigenvalue weighted by molar-refractivity contribution is 5.82. The molecule has 0 spiro atoms. The zero-order valence-corrected chi connectivity index (χ0v) is 13.2. The Bertz CT molecular complexity index is 689. The smallest absolute Gasteiger partial charge is 0.261 e. The summed E-state index contributed by atoms with van der Waals surface area (Å²) in [5.41, 5.74) is 1.92. The minimum atomic E-state index is -0.482. The zero-order valence-electron chi connectivity index (χ0n) is 13.2. The average Bonchev–Trinajstić information content (AvgIpc) is 3.03. The van der Waals surface area contributed by atoms with Gasteiger partial charge in [-0.3, -0.25) is 4.79 Å². The highest BCUT2D eigenvalue weighted by atomic mass is 16.5. The van der Waals surface area contributed by atoms with E-state index in [-0.39, 0.29) is 5.91 Å². The first-order valence-corrected chi connectivity index (χ1v) is 7.44. The third-order valence-electron chi connectivity index (χ3n) is 3.88. The number of amides is 1. The van der Waals surface area contributed by atoms with E-state index < -0.39 is 6.10 Å². The third-order valence-corrected chi connectivity index (χ3v) is 3.88. The van der Waals surface area contributed by atoms with Gasteiger partial charge in [-0.25, -0.2) is 0 Å². The van der Waals surface area contributed by atoms with E-state index in [9.17, 15) is 4.79 Å². The Morgan fingerprint density at radius 1 is 1.22 bits per heavy atom. The molecule has 0 fully saturated rings. The van der Waals surface area contributed by atoms with E-state index in [1.165, 1.54) is 0 Å². The van der Waals surface area contributed by atoms with Gasteiger partial charge in [0.25, 0.3) is 5.91 Å². The molecule has 1 N–H and O–H groups in total. The van der Waals surface area contributed by atoms with Gasteiger partial charge in [-0.05, 0) is 29.8 Å². The molecule has 2 aromatic rings. The second-order valence-corrected chi connectivity index (χ2v) is 5.31. The van der Waals surface area contributed by atoms with E-state index in [0.717, 1.165) is 22.6 Å². The lowest BCUT2D eigenvalue weighted by atomic mass is 10.1. The number of nitrogens with one attached hydrogen (secondary N) is 1. The van der Waals surface area contributed by atoms with Gasteiger partial charge in [0, 0.05) is 18.5 Å². The lowest BCUT2D eigenvalue weighted by Gasteiger charge is -2.14. The summed E-state index contributed by atoms with van der Waals surface area (Å²) in [7, 11) is 3.21. The van der Waals surface area contributed by atoms with Crippen LogP contribution in [0.15, 0.2) is 42.5 Å². The summed E-state index contributed by atoms with van der Waals surface area (Å²) < 4.78 is 16.2. The van der Waals surface area contributed by atoms with E-state index >= 15 is 0 Å². The maximum absolute atomic E-state index is 12.3. The topological polar surface area (TPSA) is 56.8 Å². The van der Waals surface area contributed by atoms with Crippen molar-refractivity contribution in [1.29, 1.82) is 0 Å². The largest absolute Gasteiger partial charge is 0.497 e. The van der Waals surface area contributed by atoms with Crippen molar-refractivity contribution >= 4 is 5.91 Å². The Hall–Kier alpha value is -2.69. The van der Waals surface area contributed by atoms with Crippen LogP contribution < -0.4 is 19.5 Å². The molecule has 1 aliphatic rings. The fourth-order valence-electron chi connectivity index (χ4n) is 2.64. The number of carbonyl (C=O) groups excluding carboxylic acids is 1. The van der Waals surface area contributed by atoms with Crippen molar-refractivity contribution in [2.45, 2.75) is 19.1 Å². The molecule has 3 rings (SSSR count). The Kier molecular flexibility index (Phi) is 4.37.